The Morgan fingerprint density at radius 3 is 2.47 bits per heavy atom. The van der Waals surface area contributed by atoms with Gasteiger partial charge in [-0.3, -0.25) is 9.59 Å². The number of hydrogen-bond donors (Lipinski definition) is 2. The molecule has 1 aromatic heterocycles. The van der Waals surface area contributed by atoms with E-state index in [2.05, 4.69) is 20.8 Å². The standard InChI is InChI=1S/C21H18N4O4S/c26-19(22-15-6-7-16-17(12-15)29-11-10-28-16)13-30-20-9-8-18(24-25-20)23-21(27)14-4-2-1-3-5-14/h1-9,12H,10-11,13H2,(H,22,26)(H,23,24,27). The lowest BCUT2D eigenvalue weighted by atomic mass is 10.2. The maximum absolute atomic E-state index is 12.2. The van der Waals surface area contributed by atoms with Gasteiger partial charge in [-0.2, -0.15) is 0 Å². The van der Waals surface area contributed by atoms with Crippen LogP contribution in [0.1, 0.15) is 10.4 Å². The smallest absolute Gasteiger partial charge is 0.256 e. The van der Waals surface area contributed by atoms with Gasteiger partial charge in [-0.15, -0.1) is 10.2 Å². The summed E-state index contributed by atoms with van der Waals surface area (Å²) in [5.41, 5.74) is 1.17. The number of ether oxygens (including phenoxy) is 2. The van der Waals surface area contributed by atoms with Crippen LogP contribution in [0, 0.1) is 0 Å². The van der Waals surface area contributed by atoms with E-state index in [1.807, 2.05) is 6.07 Å². The minimum atomic E-state index is -0.260. The number of benzene rings is 2. The quantitative estimate of drug-likeness (QED) is 0.588. The molecular formula is C21H18N4O4S. The summed E-state index contributed by atoms with van der Waals surface area (Å²) in [6.45, 7) is 1.01. The molecule has 0 saturated heterocycles. The van der Waals surface area contributed by atoms with Gasteiger partial charge in [0.2, 0.25) is 5.91 Å². The molecule has 0 saturated carbocycles. The number of hydrogen-bond acceptors (Lipinski definition) is 7. The second-order valence-corrected chi connectivity index (χ2v) is 7.27. The lowest BCUT2D eigenvalue weighted by molar-refractivity contribution is -0.113. The summed E-state index contributed by atoms with van der Waals surface area (Å²) in [4.78, 5) is 24.3. The van der Waals surface area contributed by atoms with Crippen LogP contribution in [-0.4, -0.2) is 41.0 Å². The highest BCUT2D eigenvalue weighted by Gasteiger charge is 2.13. The van der Waals surface area contributed by atoms with Gasteiger partial charge < -0.3 is 20.1 Å². The van der Waals surface area contributed by atoms with Crippen molar-refractivity contribution in [2.24, 2.45) is 0 Å². The summed E-state index contributed by atoms with van der Waals surface area (Å²) in [6.07, 6.45) is 0. The first-order chi connectivity index (χ1) is 14.7. The molecule has 2 amide bonds. The number of nitrogens with one attached hydrogen (secondary N) is 2. The Morgan fingerprint density at radius 2 is 1.70 bits per heavy atom. The summed E-state index contributed by atoms with van der Waals surface area (Å²) in [5, 5.41) is 14.1. The Morgan fingerprint density at radius 1 is 0.900 bits per heavy atom. The molecule has 8 nitrogen and oxygen atoms in total. The molecule has 4 rings (SSSR count). The fraction of sp³-hybridized carbons (Fsp3) is 0.143. The van der Waals surface area contributed by atoms with E-state index in [-0.39, 0.29) is 17.6 Å². The zero-order chi connectivity index (χ0) is 20.8. The zero-order valence-corrected chi connectivity index (χ0v) is 16.6. The van der Waals surface area contributed by atoms with Crippen LogP contribution in [0.15, 0.2) is 65.7 Å². The molecule has 1 aliphatic heterocycles. The van der Waals surface area contributed by atoms with E-state index in [1.165, 1.54) is 11.8 Å². The number of aromatic nitrogens is 2. The molecule has 0 spiro atoms. The average molecular weight is 422 g/mol. The Balaban J connectivity index is 1.27. The van der Waals surface area contributed by atoms with E-state index in [0.717, 1.165) is 0 Å². The summed E-state index contributed by atoms with van der Waals surface area (Å²) in [5.74, 6) is 1.35. The molecule has 0 radical (unpaired) electrons. The second-order valence-electron chi connectivity index (χ2n) is 6.27. The van der Waals surface area contributed by atoms with Crippen LogP contribution in [0.25, 0.3) is 0 Å². The normalized spacial score (nSPS) is 12.1. The van der Waals surface area contributed by atoms with E-state index >= 15 is 0 Å². The summed E-state index contributed by atoms with van der Waals surface area (Å²) < 4.78 is 11.0. The Labute approximate surface area is 177 Å². The third-order valence-electron chi connectivity index (χ3n) is 4.09. The van der Waals surface area contributed by atoms with Crippen molar-refractivity contribution in [3.05, 3.63) is 66.2 Å². The molecule has 30 heavy (non-hydrogen) atoms. The molecule has 2 heterocycles. The summed E-state index contributed by atoms with van der Waals surface area (Å²) >= 11 is 1.25. The summed E-state index contributed by atoms with van der Waals surface area (Å²) in [6, 6.07) is 17.5. The Kier molecular flexibility index (Phi) is 6.09. The van der Waals surface area contributed by atoms with Crippen molar-refractivity contribution in [1.82, 2.24) is 10.2 Å². The van der Waals surface area contributed by atoms with Crippen LogP contribution >= 0.6 is 11.8 Å². The second kappa shape index (κ2) is 9.27. The Bertz CT molecular complexity index is 1040. The van der Waals surface area contributed by atoms with Crippen molar-refractivity contribution in [2.45, 2.75) is 5.03 Å². The summed E-state index contributed by atoms with van der Waals surface area (Å²) in [7, 11) is 0. The topological polar surface area (TPSA) is 102 Å². The van der Waals surface area contributed by atoms with Gasteiger partial charge in [-0.1, -0.05) is 30.0 Å². The number of carbonyl (C=O) groups excluding carboxylic acids is 2. The highest BCUT2D eigenvalue weighted by molar-refractivity contribution is 7.99. The van der Waals surface area contributed by atoms with Gasteiger partial charge in [0.25, 0.3) is 5.91 Å². The first kappa shape index (κ1) is 19.7. The van der Waals surface area contributed by atoms with Crippen molar-refractivity contribution < 1.29 is 19.1 Å². The zero-order valence-electron chi connectivity index (χ0n) is 15.8. The maximum Gasteiger partial charge on any atom is 0.256 e. The molecule has 1 aliphatic rings. The number of anilines is 2. The van der Waals surface area contributed by atoms with Crippen molar-refractivity contribution in [3.8, 4) is 11.5 Å². The monoisotopic (exact) mass is 422 g/mol. The molecule has 0 bridgehead atoms. The SMILES string of the molecule is O=C(CSc1ccc(NC(=O)c2ccccc2)nn1)Nc1ccc2c(c1)OCCO2. The minimum Gasteiger partial charge on any atom is -0.486 e. The fourth-order valence-electron chi connectivity index (χ4n) is 2.70. The Hall–Kier alpha value is -3.59. The van der Waals surface area contributed by atoms with Crippen LogP contribution < -0.4 is 20.1 Å². The van der Waals surface area contributed by atoms with Crippen LogP contribution in [0.4, 0.5) is 11.5 Å². The van der Waals surface area contributed by atoms with Gasteiger partial charge in [0.15, 0.2) is 17.3 Å². The number of fused-ring (bicyclic) bond motifs is 1. The maximum atomic E-state index is 12.2. The highest BCUT2D eigenvalue weighted by atomic mass is 32.2. The van der Waals surface area contributed by atoms with Crippen LogP contribution in [-0.2, 0) is 4.79 Å². The molecule has 2 aromatic carbocycles. The average Bonchev–Trinajstić information content (AvgIpc) is 2.79. The lowest BCUT2D eigenvalue weighted by Crippen LogP contribution is -2.17. The van der Waals surface area contributed by atoms with E-state index in [9.17, 15) is 9.59 Å². The van der Waals surface area contributed by atoms with E-state index in [0.29, 0.717) is 46.8 Å². The lowest BCUT2D eigenvalue weighted by Gasteiger charge is -2.18. The van der Waals surface area contributed by atoms with Crippen LogP contribution in [0.3, 0.4) is 0 Å². The highest BCUT2D eigenvalue weighted by Crippen LogP contribution is 2.32. The third kappa shape index (κ3) is 5.06. The van der Waals surface area contributed by atoms with Gasteiger partial charge in [-0.25, -0.2) is 0 Å². The number of rotatable bonds is 6. The predicted molar refractivity (Wildman–Crippen MR) is 113 cm³/mol. The first-order valence-corrected chi connectivity index (χ1v) is 10.2. The molecule has 3 aromatic rings. The van der Waals surface area contributed by atoms with E-state index in [4.69, 9.17) is 9.47 Å². The molecular weight excluding hydrogens is 404 g/mol. The van der Waals surface area contributed by atoms with Gasteiger partial charge in [-0.05, 0) is 36.4 Å². The van der Waals surface area contributed by atoms with Gasteiger partial charge >= 0.3 is 0 Å². The number of amides is 2. The molecule has 2 N–H and O–H groups in total. The molecule has 9 heteroatoms. The molecule has 152 valence electrons. The number of nitrogens with zero attached hydrogens (tertiary/aromatic N) is 2. The first-order valence-electron chi connectivity index (χ1n) is 9.20. The van der Waals surface area contributed by atoms with Crippen molar-refractivity contribution >= 4 is 35.1 Å². The van der Waals surface area contributed by atoms with Gasteiger partial charge in [0.1, 0.15) is 18.2 Å². The fourth-order valence-corrected chi connectivity index (χ4v) is 3.31. The van der Waals surface area contributed by atoms with E-state index in [1.54, 1.807) is 54.6 Å². The minimum absolute atomic E-state index is 0.166. The van der Waals surface area contributed by atoms with Crippen LogP contribution in [0.2, 0.25) is 0 Å². The molecule has 0 atom stereocenters. The largest absolute Gasteiger partial charge is 0.486 e. The van der Waals surface area contributed by atoms with Crippen molar-refractivity contribution in [2.75, 3.05) is 29.6 Å². The molecule has 0 aliphatic carbocycles. The number of thioether (sulfide) groups is 1. The van der Waals surface area contributed by atoms with Crippen molar-refractivity contribution in [1.29, 1.82) is 0 Å². The molecule has 0 unspecified atom stereocenters. The van der Waals surface area contributed by atoms with E-state index < -0.39 is 0 Å². The third-order valence-corrected chi connectivity index (χ3v) is 5.01. The van der Waals surface area contributed by atoms with Crippen molar-refractivity contribution in [3.63, 3.8) is 0 Å². The predicted octanol–water partition coefficient (Wildman–Crippen LogP) is 3.23. The van der Waals surface area contributed by atoms with Crippen LogP contribution in [0.5, 0.6) is 11.5 Å². The molecule has 0 fully saturated rings. The number of carbonyl (C=O) groups is 2. The van der Waals surface area contributed by atoms with Gasteiger partial charge in [0.05, 0.1) is 5.75 Å². The van der Waals surface area contributed by atoms with Gasteiger partial charge in [0, 0.05) is 17.3 Å².